The first kappa shape index (κ1) is 19.1. The fraction of sp³-hybridized carbons (Fsp3) is 0.0625. The van der Waals surface area contributed by atoms with Gasteiger partial charge in [-0.25, -0.2) is 0 Å². The van der Waals surface area contributed by atoms with E-state index >= 15 is 0 Å². The molecule has 2 aromatic rings. The van der Waals surface area contributed by atoms with Gasteiger partial charge in [0.25, 0.3) is 5.91 Å². The molecule has 0 saturated carbocycles. The normalized spacial score (nSPS) is 10.1. The highest BCUT2D eigenvalue weighted by Crippen LogP contribution is 2.23. The third-order valence-electron chi connectivity index (χ3n) is 3.19. The van der Waals surface area contributed by atoms with E-state index in [0.29, 0.717) is 21.3 Å². The number of amides is 3. The van der Waals surface area contributed by atoms with Crippen LogP contribution in [-0.2, 0) is 9.59 Å². The zero-order chi connectivity index (χ0) is 18.6. The number of carbonyl (C=O) groups is 3. The summed E-state index contributed by atoms with van der Waals surface area (Å²) in [7, 11) is 0. The Morgan fingerprint density at radius 2 is 1.56 bits per heavy atom. The van der Waals surface area contributed by atoms with Gasteiger partial charge in [0, 0.05) is 16.3 Å². The number of hydrogen-bond acceptors (Lipinski definition) is 3. The summed E-state index contributed by atoms with van der Waals surface area (Å²) in [5, 5.41) is 3.34. The number of halogens is 3. The van der Waals surface area contributed by atoms with Gasteiger partial charge in [-0.3, -0.25) is 25.2 Å². The minimum Gasteiger partial charge on any atom is -0.317 e. The van der Waals surface area contributed by atoms with Crippen LogP contribution in [0.1, 0.15) is 15.9 Å². The number of anilines is 1. The summed E-state index contributed by atoms with van der Waals surface area (Å²) in [6.45, 7) is 1.70. The molecule has 0 aliphatic carbocycles. The van der Waals surface area contributed by atoms with E-state index in [1.165, 1.54) is 18.2 Å². The average Bonchev–Trinajstić information content (AvgIpc) is 2.58. The Balaban J connectivity index is 1.95. The molecule has 0 fully saturated rings. The first-order valence-electron chi connectivity index (χ1n) is 6.91. The Morgan fingerprint density at radius 1 is 0.840 bits per heavy atom. The molecule has 3 amide bonds. The second kappa shape index (κ2) is 8.20. The summed E-state index contributed by atoms with van der Waals surface area (Å²) in [5.74, 6) is -2.66. The van der Waals surface area contributed by atoms with Gasteiger partial charge in [0.05, 0.1) is 10.0 Å². The Morgan fingerprint density at radius 3 is 2.24 bits per heavy atom. The highest BCUT2D eigenvalue weighted by atomic mass is 35.5. The molecule has 0 unspecified atom stereocenters. The van der Waals surface area contributed by atoms with E-state index < -0.39 is 17.7 Å². The molecular weight excluding hydrogens is 389 g/mol. The first-order chi connectivity index (χ1) is 11.8. The van der Waals surface area contributed by atoms with E-state index in [9.17, 15) is 14.4 Å². The van der Waals surface area contributed by atoms with Crippen molar-refractivity contribution in [3.63, 3.8) is 0 Å². The van der Waals surface area contributed by atoms with Crippen molar-refractivity contribution < 1.29 is 14.4 Å². The maximum Gasteiger partial charge on any atom is 0.328 e. The first-order valence-corrected chi connectivity index (χ1v) is 8.05. The van der Waals surface area contributed by atoms with Crippen molar-refractivity contribution in [2.75, 3.05) is 5.32 Å². The maximum absolute atomic E-state index is 11.9. The van der Waals surface area contributed by atoms with Gasteiger partial charge in [-0.15, -0.1) is 0 Å². The zero-order valence-corrected chi connectivity index (χ0v) is 15.1. The van der Waals surface area contributed by atoms with E-state index in [4.69, 9.17) is 34.8 Å². The van der Waals surface area contributed by atoms with Crippen LogP contribution >= 0.6 is 34.8 Å². The largest absolute Gasteiger partial charge is 0.328 e. The van der Waals surface area contributed by atoms with Crippen LogP contribution < -0.4 is 16.2 Å². The van der Waals surface area contributed by atoms with E-state index in [0.717, 1.165) is 0 Å². The van der Waals surface area contributed by atoms with Crippen LogP contribution in [0.5, 0.6) is 0 Å². The molecule has 0 bridgehead atoms. The van der Waals surface area contributed by atoms with Gasteiger partial charge in [-0.1, -0.05) is 40.9 Å². The molecule has 9 heteroatoms. The number of hydrogen-bond donors (Lipinski definition) is 3. The third kappa shape index (κ3) is 4.85. The molecule has 0 atom stereocenters. The molecular formula is C16H12Cl3N3O3. The SMILES string of the molecule is Cc1c(Cl)cccc1NC(=O)C(=O)NNC(=O)c1ccc(Cl)c(Cl)c1. The van der Waals surface area contributed by atoms with Crippen LogP contribution in [0.3, 0.4) is 0 Å². The van der Waals surface area contributed by atoms with Gasteiger partial charge in [0.2, 0.25) is 0 Å². The van der Waals surface area contributed by atoms with Crippen molar-refractivity contribution >= 4 is 58.2 Å². The van der Waals surface area contributed by atoms with Crippen LogP contribution in [-0.4, -0.2) is 17.7 Å². The van der Waals surface area contributed by atoms with Crippen molar-refractivity contribution in [1.29, 1.82) is 0 Å². The van der Waals surface area contributed by atoms with Crippen molar-refractivity contribution in [1.82, 2.24) is 10.9 Å². The predicted octanol–water partition coefficient (Wildman–Crippen LogP) is 3.35. The van der Waals surface area contributed by atoms with Gasteiger partial charge in [-0.05, 0) is 42.8 Å². The number of hydrazine groups is 1. The Bertz CT molecular complexity index is 856. The molecule has 0 aromatic heterocycles. The molecule has 2 aromatic carbocycles. The van der Waals surface area contributed by atoms with Crippen LogP contribution in [0.4, 0.5) is 5.69 Å². The van der Waals surface area contributed by atoms with Crippen LogP contribution in [0, 0.1) is 6.92 Å². The molecule has 0 spiro atoms. The summed E-state index contributed by atoms with van der Waals surface area (Å²) in [4.78, 5) is 35.6. The Labute approximate surface area is 158 Å². The van der Waals surface area contributed by atoms with Gasteiger partial charge in [0.1, 0.15) is 0 Å². The summed E-state index contributed by atoms with van der Waals surface area (Å²) in [6.07, 6.45) is 0. The van der Waals surface area contributed by atoms with E-state index in [1.807, 2.05) is 5.43 Å². The summed E-state index contributed by atoms with van der Waals surface area (Å²) >= 11 is 17.5. The molecule has 0 aliphatic rings. The molecule has 0 aliphatic heterocycles. The fourth-order valence-electron chi connectivity index (χ4n) is 1.80. The lowest BCUT2D eigenvalue weighted by molar-refractivity contribution is -0.136. The predicted molar refractivity (Wildman–Crippen MR) is 96.9 cm³/mol. The summed E-state index contributed by atoms with van der Waals surface area (Å²) < 4.78 is 0. The minimum atomic E-state index is -1.05. The lowest BCUT2D eigenvalue weighted by atomic mass is 10.2. The lowest BCUT2D eigenvalue weighted by Crippen LogP contribution is -2.46. The standard InChI is InChI=1S/C16H12Cl3N3O3/c1-8-10(17)3-2-4-13(8)20-15(24)16(25)22-21-14(23)9-5-6-11(18)12(19)7-9/h2-7H,1H3,(H,20,24)(H,21,23)(H,22,25). The van der Waals surface area contributed by atoms with Crippen molar-refractivity contribution in [2.45, 2.75) is 6.92 Å². The minimum absolute atomic E-state index is 0.167. The van der Waals surface area contributed by atoms with Gasteiger partial charge >= 0.3 is 11.8 Å². The van der Waals surface area contributed by atoms with Crippen LogP contribution in [0.15, 0.2) is 36.4 Å². The Kier molecular flexibility index (Phi) is 6.25. The lowest BCUT2D eigenvalue weighted by Gasteiger charge is -2.10. The second-order valence-corrected chi connectivity index (χ2v) is 6.13. The molecule has 0 saturated heterocycles. The van der Waals surface area contributed by atoms with Gasteiger partial charge in [0.15, 0.2) is 0 Å². The summed E-state index contributed by atoms with van der Waals surface area (Å²) in [5.41, 5.74) is 5.30. The monoisotopic (exact) mass is 399 g/mol. The average molecular weight is 401 g/mol. The van der Waals surface area contributed by atoms with E-state index in [1.54, 1.807) is 25.1 Å². The topological polar surface area (TPSA) is 87.3 Å². The van der Waals surface area contributed by atoms with Crippen molar-refractivity contribution in [2.24, 2.45) is 0 Å². The maximum atomic E-state index is 11.9. The Hall–Kier alpha value is -2.28. The molecule has 2 rings (SSSR count). The number of nitrogens with one attached hydrogen (secondary N) is 3. The van der Waals surface area contributed by atoms with Gasteiger partial charge in [-0.2, -0.15) is 0 Å². The van der Waals surface area contributed by atoms with Gasteiger partial charge < -0.3 is 5.32 Å². The quantitative estimate of drug-likeness (QED) is 0.533. The van der Waals surface area contributed by atoms with Crippen molar-refractivity contribution in [3.8, 4) is 0 Å². The fourth-order valence-corrected chi connectivity index (χ4v) is 2.27. The highest BCUT2D eigenvalue weighted by molar-refractivity contribution is 6.42. The van der Waals surface area contributed by atoms with Crippen LogP contribution in [0.25, 0.3) is 0 Å². The highest BCUT2D eigenvalue weighted by Gasteiger charge is 2.17. The molecule has 0 radical (unpaired) electrons. The third-order valence-corrected chi connectivity index (χ3v) is 4.34. The van der Waals surface area contributed by atoms with Crippen LogP contribution in [0.2, 0.25) is 15.1 Å². The smallest absolute Gasteiger partial charge is 0.317 e. The molecule has 25 heavy (non-hydrogen) atoms. The summed E-state index contributed by atoms with van der Waals surface area (Å²) in [6, 6.07) is 9.08. The number of carbonyl (C=O) groups excluding carboxylic acids is 3. The molecule has 3 N–H and O–H groups in total. The number of rotatable bonds is 2. The number of benzene rings is 2. The zero-order valence-electron chi connectivity index (χ0n) is 12.8. The van der Waals surface area contributed by atoms with Crippen molar-refractivity contribution in [3.05, 3.63) is 62.6 Å². The molecule has 0 heterocycles. The molecule has 6 nitrogen and oxygen atoms in total. The molecule has 130 valence electrons. The van der Waals surface area contributed by atoms with E-state index in [-0.39, 0.29) is 10.6 Å². The van der Waals surface area contributed by atoms with E-state index in [2.05, 4.69) is 10.7 Å². The second-order valence-electron chi connectivity index (χ2n) is 4.90.